The van der Waals surface area contributed by atoms with Gasteiger partial charge >= 0.3 is 0 Å². The second-order valence-electron chi connectivity index (χ2n) is 7.52. The van der Waals surface area contributed by atoms with Gasteiger partial charge in [0.15, 0.2) is 0 Å². The van der Waals surface area contributed by atoms with Gasteiger partial charge in [0, 0.05) is 31.1 Å². The highest BCUT2D eigenvalue weighted by Crippen LogP contribution is 2.25. The Hall–Kier alpha value is -2.37. The van der Waals surface area contributed by atoms with Crippen LogP contribution in [0.4, 0.5) is 0 Å². The lowest BCUT2D eigenvalue weighted by molar-refractivity contribution is 0.0434. The number of nitrogens with zero attached hydrogens (tertiary/aromatic N) is 2. The first-order valence-electron chi connectivity index (χ1n) is 9.46. The number of hydrogen-bond donors (Lipinski definition) is 0. The SMILES string of the molecule is COc1ccc(-c2cccc(C(=O)N3C[C@@H]4COC[C@H](C3)N(C)C4)c2)cc1. The van der Waals surface area contributed by atoms with Crippen LogP contribution in [0.1, 0.15) is 10.4 Å². The minimum Gasteiger partial charge on any atom is -0.497 e. The summed E-state index contributed by atoms with van der Waals surface area (Å²) in [6.07, 6.45) is 0. The summed E-state index contributed by atoms with van der Waals surface area (Å²) >= 11 is 0. The van der Waals surface area contributed by atoms with Gasteiger partial charge in [-0.1, -0.05) is 24.3 Å². The summed E-state index contributed by atoms with van der Waals surface area (Å²) in [5.41, 5.74) is 2.86. The molecule has 5 heteroatoms. The molecule has 2 aliphatic heterocycles. The standard InChI is InChI=1S/C22H26N2O3/c1-23-11-16-12-24(13-20(23)15-27-14-16)22(25)19-5-3-4-18(10-19)17-6-8-21(26-2)9-7-17/h3-10,16,20H,11-15H2,1-2H3/t16-,20+/m1/s1. The molecule has 5 nitrogen and oxygen atoms in total. The van der Waals surface area contributed by atoms with E-state index in [0.29, 0.717) is 12.5 Å². The molecule has 0 aromatic heterocycles. The van der Waals surface area contributed by atoms with E-state index in [1.807, 2.05) is 53.4 Å². The molecule has 0 spiro atoms. The molecule has 0 saturated carbocycles. The predicted molar refractivity (Wildman–Crippen MR) is 105 cm³/mol. The van der Waals surface area contributed by atoms with Crippen molar-refractivity contribution in [2.75, 3.05) is 47.0 Å². The molecular weight excluding hydrogens is 340 g/mol. The van der Waals surface area contributed by atoms with E-state index >= 15 is 0 Å². The van der Waals surface area contributed by atoms with Gasteiger partial charge < -0.3 is 14.4 Å². The maximum Gasteiger partial charge on any atom is 0.253 e. The molecule has 1 amide bonds. The molecule has 0 unspecified atom stereocenters. The highest BCUT2D eigenvalue weighted by molar-refractivity contribution is 5.95. The van der Waals surface area contributed by atoms with Gasteiger partial charge in [0.05, 0.1) is 26.4 Å². The van der Waals surface area contributed by atoms with E-state index < -0.39 is 0 Å². The molecule has 2 saturated heterocycles. The average molecular weight is 366 g/mol. The Labute approximate surface area is 160 Å². The summed E-state index contributed by atoms with van der Waals surface area (Å²) in [4.78, 5) is 17.6. The fraction of sp³-hybridized carbons (Fsp3) is 0.409. The largest absolute Gasteiger partial charge is 0.497 e. The van der Waals surface area contributed by atoms with Crippen molar-refractivity contribution in [1.82, 2.24) is 9.80 Å². The molecule has 0 radical (unpaired) electrons. The number of benzene rings is 2. The molecule has 4 rings (SSSR count). The van der Waals surface area contributed by atoms with Crippen molar-refractivity contribution in [3.63, 3.8) is 0 Å². The lowest BCUT2D eigenvalue weighted by Gasteiger charge is -2.30. The van der Waals surface area contributed by atoms with Crippen molar-refractivity contribution in [1.29, 1.82) is 0 Å². The third kappa shape index (κ3) is 3.84. The van der Waals surface area contributed by atoms with Crippen molar-refractivity contribution >= 4 is 5.91 Å². The van der Waals surface area contributed by atoms with E-state index in [1.54, 1.807) is 7.11 Å². The zero-order chi connectivity index (χ0) is 18.8. The second-order valence-corrected chi connectivity index (χ2v) is 7.52. The highest BCUT2D eigenvalue weighted by Gasteiger charge is 2.33. The predicted octanol–water partition coefficient (Wildman–Crippen LogP) is 2.76. The first-order chi connectivity index (χ1) is 13.1. The number of methoxy groups -OCH3 is 1. The fourth-order valence-corrected chi connectivity index (χ4v) is 4.01. The summed E-state index contributed by atoms with van der Waals surface area (Å²) < 4.78 is 11.0. The van der Waals surface area contributed by atoms with Crippen LogP contribution in [0.5, 0.6) is 5.75 Å². The van der Waals surface area contributed by atoms with E-state index in [9.17, 15) is 4.79 Å². The quantitative estimate of drug-likeness (QED) is 0.838. The Morgan fingerprint density at radius 3 is 2.63 bits per heavy atom. The lowest BCUT2D eigenvalue weighted by Crippen LogP contribution is -2.44. The van der Waals surface area contributed by atoms with Crippen LogP contribution >= 0.6 is 0 Å². The zero-order valence-corrected chi connectivity index (χ0v) is 15.9. The molecule has 2 aliphatic rings. The molecular formula is C22H26N2O3. The molecule has 2 atom stereocenters. The minimum atomic E-state index is 0.109. The Kier molecular flexibility index (Phi) is 5.14. The maximum atomic E-state index is 13.2. The number of carbonyl (C=O) groups excluding carboxylic acids is 1. The molecule has 0 aliphatic carbocycles. The molecule has 2 bridgehead atoms. The first-order valence-corrected chi connectivity index (χ1v) is 9.46. The molecule has 27 heavy (non-hydrogen) atoms. The molecule has 2 aromatic rings. The molecule has 0 N–H and O–H groups in total. The van der Waals surface area contributed by atoms with E-state index in [4.69, 9.17) is 9.47 Å². The summed E-state index contributed by atoms with van der Waals surface area (Å²) in [7, 11) is 3.79. The maximum absolute atomic E-state index is 13.2. The second kappa shape index (κ2) is 7.71. The molecule has 2 aromatic carbocycles. The van der Waals surface area contributed by atoms with E-state index in [-0.39, 0.29) is 11.9 Å². The van der Waals surface area contributed by atoms with E-state index in [2.05, 4.69) is 11.9 Å². The van der Waals surface area contributed by atoms with E-state index in [0.717, 1.165) is 48.7 Å². The van der Waals surface area contributed by atoms with Gasteiger partial charge in [0.25, 0.3) is 5.91 Å². The third-order valence-electron chi connectivity index (χ3n) is 5.56. The van der Waals surface area contributed by atoms with Crippen LogP contribution in [-0.2, 0) is 4.74 Å². The van der Waals surface area contributed by atoms with Crippen molar-refractivity contribution < 1.29 is 14.3 Å². The number of likely N-dealkylation sites (N-methyl/N-ethyl adjacent to an activating group) is 1. The summed E-state index contributed by atoms with van der Waals surface area (Å²) in [5.74, 6) is 1.31. The average Bonchev–Trinajstić information content (AvgIpc) is 2.96. The van der Waals surface area contributed by atoms with Crippen LogP contribution in [-0.4, -0.2) is 68.8 Å². The number of amides is 1. The summed E-state index contributed by atoms with van der Waals surface area (Å²) in [6.45, 7) is 3.89. The number of rotatable bonds is 3. The van der Waals surface area contributed by atoms with Crippen LogP contribution in [0.2, 0.25) is 0 Å². The Morgan fingerprint density at radius 2 is 1.85 bits per heavy atom. The minimum absolute atomic E-state index is 0.109. The Morgan fingerprint density at radius 1 is 1.04 bits per heavy atom. The van der Waals surface area contributed by atoms with Gasteiger partial charge in [-0.15, -0.1) is 0 Å². The molecule has 2 fully saturated rings. The fourth-order valence-electron chi connectivity index (χ4n) is 4.01. The van der Waals surface area contributed by atoms with Crippen LogP contribution < -0.4 is 4.74 Å². The Bertz CT molecular complexity index is 805. The van der Waals surface area contributed by atoms with Gasteiger partial charge in [0.2, 0.25) is 0 Å². The van der Waals surface area contributed by atoms with Crippen LogP contribution in [0.25, 0.3) is 11.1 Å². The van der Waals surface area contributed by atoms with Gasteiger partial charge in [-0.05, 0) is 42.4 Å². The van der Waals surface area contributed by atoms with Crippen molar-refractivity contribution in [2.45, 2.75) is 6.04 Å². The summed E-state index contributed by atoms with van der Waals surface area (Å²) in [5, 5.41) is 0. The summed E-state index contributed by atoms with van der Waals surface area (Å²) in [6, 6.07) is 16.1. The molecule has 2 heterocycles. The van der Waals surface area contributed by atoms with Crippen molar-refractivity contribution in [3.8, 4) is 16.9 Å². The van der Waals surface area contributed by atoms with Crippen molar-refractivity contribution in [2.24, 2.45) is 5.92 Å². The lowest BCUT2D eigenvalue weighted by atomic mass is 10.0. The number of hydrogen-bond acceptors (Lipinski definition) is 4. The number of ether oxygens (including phenoxy) is 2. The first kappa shape index (κ1) is 18.0. The normalized spacial score (nSPS) is 23.0. The van der Waals surface area contributed by atoms with Gasteiger partial charge in [-0.25, -0.2) is 0 Å². The Balaban J connectivity index is 1.57. The van der Waals surface area contributed by atoms with Gasteiger partial charge in [-0.2, -0.15) is 0 Å². The molecule has 142 valence electrons. The number of carbonyl (C=O) groups is 1. The smallest absolute Gasteiger partial charge is 0.253 e. The highest BCUT2D eigenvalue weighted by atomic mass is 16.5. The van der Waals surface area contributed by atoms with E-state index in [1.165, 1.54) is 0 Å². The zero-order valence-electron chi connectivity index (χ0n) is 15.9. The van der Waals surface area contributed by atoms with Crippen LogP contribution in [0.15, 0.2) is 48.5 Å². The number of fused-ring (bicyclic) bond motifs is 3. The van der Waals surface area contributed by atoms with Crippen LogP contribution in [0.3, 0.4) is 0 Å². The third-order valence-corrected chi connectivity index (χ3v) is 5.56. The van der Waals surface area contributed by atoms with Gasteiger partial charge in [0.1, 0.15) is 5.75 Å². The van der Waals surface area contributed by atoms with Crippen molar-refractivity contribution in [3.05, 3.63) is 54.1 Å². The van der Waals surface area contributed by atoms with Gasteiger partial charge in [-0.3, -0.25) is 9.69 Å². The topological polar surface area (TPSA) is 42.0 Å². The monoisotopic (exact) mass is 366 g/mol. The van der Waals surface area contributed by atoms with Crippen LogP contribution in [0, 0.1) is 5.92 Å².